The number of amides is 1. The van der Waals surface area contributed by atoms with E-state index in [4.69, 9.17) is 4.42 Å². The Labute approximate surface area is 190 Å². The van der Waals surface area contributed by atoms with Crippen molar-refractivity contribution in [1.82, 2.24) is 9.29 Å². The second kappa shape index (κ2) is 9.07. The maximum absolute atomic E-state index is 12.8. The molecule has 2 aromatic carbocycles. The standard InChI is InChI=1S/C23H21N3O4S2/c1-16-5-7-17(8-6-16)21-15-31-23(24-21)25-22(27)18-9-11-20(12-10-18)32(28,29)26(2)14-19-4-3-13-30-19/h3-13,15H,14H2,1-2H3,(H,24,25,27). The van der Waals surface area contributed by atoms with Crippen LogP contribution < -0.4 is 5.32 Å². The first-order valence-electron chi connectivity index (χ1n) is 9.75. The fourth-order valence-corrected chi connectivity index (χ4v) is 4.87. The summed E-state index contributed by atoms with van der Waals surface area (Å²) in [5, 5.41) is 5.12. The minimum absolute atomic E-state index is 0.0963. The summed E-state index contributed by atoms with van der Waals surface area (Å²) in [5.74, 6) is 0.184. The van der Waals surface area contributed by atoms with Crippen molar-refractivity contribution in [3.63, 3.8) is 0 Å². The molecule has 0 aliphatic rings. The van der Waals surface area contributed by atoms with E-state index in [9.17, 15) is 13.2 Å². The molecule has 2 aromatic heterocycles. The van der Waals surface area contributed by atoms with Gasteiger partial charge in [0.15, 0.2) is 5.13 Å². The summed E-state index contributed by atoms with van der Waals surface area (Å²) < 4.78 is 31.9. The van der Waals surface area contributed by atoms with Crippen molar-refractivity contribution in [2.24, 2.45) is 0 Å². The monoisotopic (exact) mass is 467 g/mol. The highest BCUT2D eigenvalue weighted by atomic mass is 32.2. The third-order valence-electron chi connectivity index (χ3n) is 4.86. The summed E-state index contributed by atoms with van der Waals surface area (Å²) in [6.07, 6.45) is 1.50. The van der Waals surface area contributed by atoms with E-state index in [1.807, 2.05) is 36.6 Å². The largest absolute Gasteiger partial charge is 0.468 e. The Balaban J connectivity index is 1.43. The number of furan rings is 1. The molecule has 32 heavy (non-hydrogen) atoms. The molecule has 2 heterocycles. The van der Waals surface area contributed by atoms with Gasteiger partial charge in [-0.1, -0.05) is 29.8 Å². The molecule has 0 unspecified atom stereocenters. The minimum atomic E-state index is -3.72. The quantitative estimate of drug-likeness (QED) is 0.422. The molecule has 0 saturated carbocycles. The molecule has 0 spiro atoms. The van der Waals surface area contributed by atoms with Crippen LogP contribution in [0.15, 0.2) is 81.6 Å². The number of sulfonamides is 1. The number of nitrogens with one attached hydrogen (secondary N) is 1. The minimum Gasteiger partial charge on any atom is -0.468 e. The first kappa shape index (κ1) is 21.9. The lowest BCUT2D eigenvalue weighted by atomic mass is 10.1. The zero-order chi connectivity index (χ0) is 22.7. The van der Waals surface area contributed by atoms with Crippen molar-refractivity contribution in [2.75, 3.05) is 12.4 Å². The number of carbonyl (C=O) groups excluding carboxylic acids is 1. The van der Waals surface area contributed by atoms with Gasteiger partial charge in [-0.15, -0.1) is 11.3 Å². The van der Waals surface area contributed by atoms with E-state index in [0.717, 1.165) is 16.8 Å². The van der Waals surface area contributed by atoms with Gasteiger partial charge in [0.05, 0.1) is 23.4 Å². The number of thiazole rings is 1. The van der Waals surface area contributed by atoms with Crippen molar-refractivity contribution in [1.29, 1.82) is 0 Å². The zero-order valence-electron chi connectivity index (χ0n) is 17.5. The van der Waals surface area contributed by atoms with Crippen LogP contribution in [0.3, 0.4) is 0 Å². The van der Waals surface area contributed by atoms with E-state index in [-0.39, 0.29) is 17.3 Å². The zero-order valence-corrected chi connectivity index (χ0v) is 19.1. The van der Waals surface area contributed by atoms with Crippen LogP contribution in [0.5, 0.6) is 0 Å². The predicted octanol–water partition coefficient (Wildman–Crippen LogP) is 4.78. The van der Waals surface area contributed by atoms with Gasteiger partial charge in [-0.05, 0) is 43.3 Å². The normalized spacial score (nSPS) is 11.6. The third-order valence-corrected chi connectivity index (χ3v) is 7.43. The van der Waals surface area contributed by atoms with Crippen LogP contribution in [0, 0.1) is 6.92 Å². The Morgan fingerprint density at radius 3 is 2.47 bits per heavy atom. The molecule has 9 heteroatoms. The maximum Gasteiger partial charge on any atom is 0.257 e. The molecular formula is C23H21N3O4S2. The number of hydrogen-bond acceptors (Lipinski definition) is 6. The molecular weight excluding hydrogens is 446 g/mol. The molecule has 0 fully saturated rings. The Morgan fingerprint density at radius 1 is 1.09 bits per heavy atom. The van der Waals surface area contributed by atoms with Gasteiger partial charge in [0.2, 0.25) is 10.0 Å². The summed E-state index contributed by atoms with van der Waals surface area (Å²) in [5.41, 5.74) is 3.26. The second-order valence-electron chi connectivity index (χ2n) is 7.22. The number of rotatable bonds is 7. The van der Waals surface area contributed by atoms with Crippen LogP contribution in [0.1, 0.15) is 21.7 Å². The van der Waals surface area contributed by atoms with Crippen LogP contribution in [-0.4, -0.2) is 30.7 Å². The summed E-state index contributed by atoms with van der Waals surface area (Å²) >= 11 is 1.33. The maximum atomic E-state index is 12.8. The second-order valence-corrected chi connectivity index (χ2v) is 10.1. The Kier molecular flexibility index (Phi) is 6.22. The Morgan fingerprint density at radius 2 is 1.81 bits per heavy atom. The third kappa shape index (κ3) is 4.80. The number of aromatic nitrogens is 1. The van der Waals surface area contributed by atoms with E-state index in [1.54, 1.807) is 12.1 Å². The lowest BCUT2D eigenvalue weighted by molar-refractivity contribution is 0.102. The van der Waals surface area contributed by atoms with E-state index < -0.39 is 10.0 Å². The van der Waals surface area contributed by atoms with Gasteiger partial charge >= 0.3 is 0 Å². The summed E-state index contributed by atoms with van der Waals surface area (Å²) in [7, 11) is -2.24. The van der Waals surface area contributed by atoms with Crippen LogP contribution in [-0.2, 0) is 16.6 Å². The molecule has 4 rings (SSSR count). The van der Waals surface area contributed by atoms with Gasteiger partial charge in [-0.2, -0.15) is 4.31 Å². The highest BCUT2D eigenvalue weighted by Gasteiger charge is 2.22. The molecule has 0 bridgehead atoms. The van der Waals surface area contributed by atoms with E-state index in [2.05, 4.69) is 10.3 Å². The molecule has 1 N–H and O–H groups in total. The van der Waals surface area contributed by atoms with Crippen molar-refractivity contribution in [3.8, 4) is 11.3 Å². The van der Waals surface area contributed by atoms with Gasteiger partial charge in [0.1, 0.15) is 5.76 Å². The van der Waals surface area contributed by atoms with Crippen molar-refractivity contribution >= 4 is 32.4 Å². The van der Waals surface area contributed by atoms with Crippen LogP contribution in [0.25, 0.3) is 11.3 Å². The fraction of sp³-hybridized carbons (Fsp3) is 0.130. The van der Waals surface area contributed by atoms with Gasteiger partial charge in [0.25, 0.3) is 5.91 Å². The van der Waals surface area contributed by atoms with Gasteiger partial charge < -0.3 is 4.42 Å². The SMILES string of the molecule is Cc1ccc(-c2csc(NC(=O)c3ccc(S(=O)(=O)N(C)Cc4ccco4)cc3)n2)cc1. The molecule has 164 valence electrons. The van der Waals surface area contributed by atoms with Crippen molar-refractivity contribution in [2.45, 2.75) is 18.4 Å². The van der Waals surface area contributed by atoms with Crippen LogP contribution in [0.2, 0.25) is 0 Å². The van der Waals surface area contributed by atoms with Crippen molar-refractivity contribution < 1.29 is 17.6 Å². The smallest absolute Gasteiger partial charge is 0.257 e. The van der Waals surface area contributed by atoms with Crippen LogP contribution >= 0.6 is 11.3 Å². The molecule has 4 aromatic rings. The highest BCUT2D eigenvalue weighted by Crippen LogP contribution is 2.26. The van der Waals surface area contributed by atoms with E-state index in [1.165, 1.54) is 53.2 Å². The summed E-state index contributed by atoms with van der Waals surface area (Å²) in [4.78, 5) is 17.2. The Bertz CT molecular complexity index is 1310. The number of nitrogens with zero attached hydrogens (tertiary/aromatic N) is 2. The van der Waals surface area contributed by atoms with Gasteiger partial charge in [0, 0.05) is 23.6 Å². The molecule has 0 atom stereocenters. The molecule has 0 aliphatic heterocycles. The van der Waals surface area contributed by atoms with Gasteiger partial charge in [-0.25, -0.2) is 13.4 Å². The number of hydrogen-bond donors (Lipinski definition) is 1. The fourth-order valence-electron chi connectivity index (χ4n) is 3.02. The van der Waals surface area contributed by atoms with Crippen molar-refractivity contribution in [3.05, 3.63) is 89.2 Å². The molecule has 0 saturated heterocycles. The molecule has 0 radical (unpaired) electrons. The average molecular weight is 468 g/mol. The number of anilines is 1. The molecule has 0 aliphatic carbocycles. The lowest BCUT2D eigenvalue weighted by Gasteiger charge is -2.16. The number of benzene rings is 2. The average Bonchev–Trinajstić information content (AvgIpc) is 3.46. The molecule has 1 amide bonds. The number of carbonyl (C=O) groups is 1. The first-order chi connectivity index (χ1) is 15.3. The predicted molar refractivity (Wildman–Crippen MR) is 124 cm³/mol. The van der Waals surface area contributed by atoms with E-state index in [0.29, 0.717) is 16.5 Å². The summed E-state index contributed by atoms with van der Waals surface area (Å²) in [6.45, 7) is 2.13. The van der Waals surface area contributed by atoms with E-state index >= 15 is 0 Å². The topological polar surface area (TPSA) is 92.5 Å². The van der Waals surface area contributed by atoms with Crippen LogP contribution in [0.4, 0.5) is 5.13 Å². The molecule has 7 nitrogen and oxygen atoms in total. The number of aryl methyl sites for hydroxylation is 1. The summed E-state index contributed by atoms with van der Waals surface area (Å²) in [6, 6.07) is 17.2. The van der Waals surface area contributed by atoms with Gasteiger partial charge in [-0.3, -0.25) is 10.1 Å². The Hall–Kier alpha value is -3.27. The first-order valence-corrected chi connectivity index (χ1v) is 12.1. The lowest BCUT2D eigenvalue weighted by Crippen LogP contribution is -2.26. The highest BCUT2D eigenvalue weighted by molar-refractivity contribution is 7.89.